The Morgan fingerprint density at radius 1 is 1.12 bits per heavy atom. The summed E-state index contributed by atoms with van der Waals surface area (Å²) in [6.45, 7) is 4.00. The van der Waals surface area contributed by atoms with Crippen LogP contribution in [0, 0.1) is 13.8 Å². The zero-order chi connectivity index (χ0) is 16.8. The van der Waals surface area contributed by atoms with Crippen molar-refractivity contribution in [3.05, 3.63) is 57.9 Å². The topological polar surface area (TPSA) is 58.8 Å². The van der Waals surface area contributed by atoms with E-state index < -0.39 is 0 Å². The molecule has 1 amide bonds. The van der Waals surface area contributed by atoms with Crippen molar-refractivity contribution in [1.29, 1.82) is 0 Å². The molecule has 1 aromatic heterocycles. The second-order valence-electron chi connectivity index (χ2n) is 5.92. The molecule has 1 N–H and O–H groups in total. The van der Waals surface area contributed by atoms with Crippen LogP contribution >= 0.6 is 11.3 Å². The summed E-state index contributed by atoms with van der Waals surface area (Å²) in [7, 11) is 1.95. The average molecular weight is 336 g/mol. The first-order chi connectivity index (χ1) is 11.5. The molecule has 3 aromatic rings. The number of nitrogens with zero attached hydrogens (tertiary/aromatic N) is 3. The molecule has 5 nitrogen and oxygen atoms in total. The monoisotopic (exact) mass is 336 g/mol. The van der Waals surface area contributed by atoms with E-state index in [1.165, 1.54) is 0 Å². The van der Waals surface area contributed by atoms with E-state index in [9.17, 15) is 4.79 Å². The zero-order valence-corrected chi connectivity index (χ0v) is 14.4. The number of aromatic nitrogens is 1. The minimum atomic E-state index is -0.203. The number of hydrogen-bond donors (Lipinski definition) is 1. The molecule has 0 saturated heterocycles. The Balaban J connectivity index is 1.88. The van der Waals surface area contributed by atoms with Gasteiger partial charge >= 0.3 is 0 Å². The summed E-state index contributed by atoms with van der Waals surface area (Å²) in [5.74, 6) is -0.203. The predicted molar refractivity (Wildman–Crippen MR) is 97.4 cm³/mol. The van der Waals surface area contributed by atoms with Gasteiger partial charge < -0.3 is 9.88 Å². The Morgan fingerprint density at radius 3 is 2.71 bits per heavy atom. The highest BCUT2D eigenvalue weighted by Crippen LogP contribution is 2.28. The quantitative estimate of drug-likeness (QED) is 0.682. The lowest BCUT2D eigenvalue weighted by Gasteiger charge is -2.03. The highest BCUT2D eigenvalue weighted by atomic mass is 32.1. The number of rotatable bonds is 1. The Kier molecular flexibility index (Phi) is 3.35. The van der Waals surface area contributed by atoms with Crippen LogP contribution in [0.4, 0.5) is 5.69 Å². The van der Waals surface area contributed by atoms with Gasteiger partial charge in [-0.2, -0.15) is 0 Å². The van der Waals surface area contributed by atoms with E-state index in [0.29, 0.717) is 5.71 Å². The lowest BCUT2D eigenvalue weighted by Crippen LogP contribution is -2.15. The molecule has 1 aliphatic rings. The summed E-state index contributed by atoms with van der Waals surface area (Å²) in [4.78, 5) is 13.0. The second-order valence-corrected chi connectivity index (χ2v) is 6.93. The van der Waals surface area contributed by atoms with E-state index in [2.05, 4.69) is 21.6 Å². The number of thiazole rings is 1. The van der Waals surface area contributed by atoms with Gasteiger partial charge in [-0.3, -0.25) is 4.79 Å². The smallest absolute Gasteiger partial charge is 0.276 e. The van der Waals surface area contributed by atoms with Crippen LogP contribution in [-0.4, -0.2) is 16.2 Å². The summed E-state index contributed by atoms with van der Waals surface area (Å²) in [5, 5.41) is 11.5. The fourth-order valence-electron chi connectivity index (χ4n) is 2.99. The summed E-state index contributed by atoms with van der Waals surface area (Å²) in [6, 6.07) is 12.1. The molecule has 1 aliphatic heterocycles. The van der Waals surface area contributed by atoms with Gasteiger partial charge in [0.05, 0.1) is 15.9 Å². The van der Waals surface area contributed by atoms with E-state index in [4.69, 9.17) is 0 Å². The van der Waals surface area contributed by atoms with Gasteiger partial charge in [-0.15, -0.1) is 10.2 Å². The number of fused-ring (bicyclic) bond motifs is 2. The number of nitrogens with one attached hydrogen (secondary N) is 1. The molecular formula is C18H16N4OS. The number of hydrogen-bond acceptors (Lipinski definition) is 4. The number of aryl methyl sites for hydroxylation is 3. The minimum Gasteiger partial charge on any atom is -0.320 e. The van der Waals surface area contributed by atoms with E-state index in [0.717, 1.165) is 37.4 Å². The first-order valence-corrected chi connectivity index (χ1v) is 8.45. The summed E-state index contributed by atoms with van der Waals surface area (Å²) in [6.07, 6.45) is 0. The molecule has 0 fully saturated rings. The van der Waals surface area contributed by atoms with Crippen LogP contribution in [0.2, 0.25) is 0 Å². The van der Waals surface area contributed by atoms with Gasteiger partial charge in [0.15, 0.2) is 5.71 Å². The molecular weight excluding hydrogens is 320 g/mol. The molecule has 0 radical (unpaired) electrons. The fraction of sp³-hybridized carbons (Fsp3) is 0.167. The number of para-hydroxylation sites is 1. The molecule has 2 heterocycles. The normalized spacial score (nSPS) is 16.0. The molecule has 0 saturated carbocycles. The third kappa shape index (κ3) is 2.27. The van der Waals surface area contributed by atoms with Crippen LogP contribution in [0.5, 0.6) is 0 Å². The largest absolute Gasteiger partial charge is 0.320 e. The van der Waals surface area contributed by atoms with Crippen molar-refractivity contribution in [2.24, 2.45) is 17.3 Å². The van der Waals surface area contributed by atoms with Crippen molar-refractivity contribution in [2.45, 2.75) is 13.8 Å². The van der Waals surface area contributed by atoms with E-state index in [-0.39, 0.29) is 5.91 Å². The Hall–Kier alpha value is -2.73. The van der Waals surface area contributed by atoms with Crippen LogP contribution < -0.4 is 10.1 Å². The molecule has 4 rings (SSSR count). The van der Waals surface area contributed by atoms with E-state index >= 15 is 0 Å². The van der Waals surface area contributed by atoms with Crippen molar-refractivity contribution in [2.75, 3.05) is 5.32 Å². The molecule has 120 valence electrons. The van der Waals surface area contributed by atoms with Gasteiger partial charge in [0.2, 0.25) is 4.80 Å². The molecule has 2 aromatic carbocycles. The lowest BCUT2D eigenvalue weighted by molar-refractivity contribution is -0.110. The maximum Gasteiger partial charge on any atom is 0.276 e. The van der Waals surface area contributed by atoms with Crippen molar-refractivity contribution in [3.8, 4) is 0 Å². The fourth-order valence-corrected chi connectivity index (χ4v) is 3.96. The number of amides is 1. The molecule has 24 heavy (non-hydrogen) atoms. The summed E-state index contributed by atoms with van der Waals surface area (Å²) in [5.41, 5.74) is 5.27. The molecule has 0 atom stereocenters. The van der Waals surface area contributed by atoms with E-state index in [1.54, 1.807) is 11.3 Å². The van der Waals surface area contributed by atoms with Crippen molar-refractivity contribution in [3.63, 3.8) is 0 Å². The summed E-state index contributed by atoms with van der Waals surface area (Å²) < 4.78 is 3.13. The SMILES string of the molecule is Cc1cc(C)c2c(c1)/C(=N/N=c1\sc3ccccc3n1C)C(=O)N2. The minimum absolute atomic E-state index is 0.203. The van der Waals surface area contributed by atoms with Crippen LogP contribution in [-0.2, 0) is 11.8 Å². The van der Waals surface area contributed by atoms with Crippen LogP contribution in [0.3, 0.4) is 0 Å². The van der Waals surface area contributed by atoms with Crippen LogP contribution in [0.1, 0.15) is 16.7 Å². The predicted octanol–water partition coefficient (Wildman–Crippen LogP) is 3.11. The van der Waals surface area contributed by atoms with Crippen LogP contribution in [0.15, 0.2) is 46.6 Å². The third-order valence-electron chi connectivity index (χ3n) is 4.14. The lowest BCUT2D eigenvalue weighted by atomic mass is 10.0. The zero-order valence-electron chi connectivity index (χ0n) is 13.6. The van der Waals surface area contributed by atoms with Gasteiger partial charge in [-0.05, 0) is 37.6 Å². The number of benzene rings is 2. The number of anilines is 1. The van der Waals surface area contributed by atoms with Gasteiger partial charge in [-0.1, -0.05) is 35.1 Å². The Morgan fingerprint density at radius 2 is 1.92 bits per heavy atom. The average Bonchev–Trinajstić information content (AvgIpc) is 3.04. The first kappa shape index (κ1) is 14.8. The van der Waals surface area contributed by atoms with Crippen molar-refractivity contribution < 1.29 is 4.79 Å². The van der Waals surface area contributed by atoms with E-state index in [1.807, 2.05) is 55.8 Å². The standard InChI is InChI=1S/C18H16N4OS/c1-10-8-11(2)15-12(9-10)16(17(23)19-15)20-21-18-22(3)13-6-4-5-7-14(13)24-18/h4-9H,1-3H3,(H,19,20,23)/b21-18-. The van der Waals surface area contributed by atoms with Gasteiger partial charge in [0, 0.05) is 12.6 Å². The van der Waals surface area contributed by atoms with Gasteiger partial charge in [0.1, 0.15) is 0 Å². The maximum absolute atomic E-state index is 12.3. The molecule has 0 aliphatic carbocycles. The number of carbonyl (C=O) groups is 1. The van der Waals surface area contributed by atoms with Crippen LogP contribution in [0.25, 0.3) is 10.2 Å². The molecule has 6 heteroatoms. The molecule has 0 bridgehead atoms. The third-order valence-corrected chi connectivity index (χ3v) is 5.24. The van der Waals surface area contributed by atoms with Crippen molar-refractivity contribution in [1.82, 2.24) is 4.57 Å². The number of carbonyl (C=O) groups excluding carboxylic acids is 1. The van der Waals surface area contributed by atoms with Crippen molar-refractivity contribution >= 4 is 38.9 Å². The second kappa shape index (κ2) is 5.42. The molecule has 0 unspecified atom stereocenters. The molecule has 0 spiro atoms. The highest BCUT2D eigenvalue weighted by Gasteiger charge is 2.27. The maximum atomic E-state index is 12.3. The Labute approximate surface area is 143 Å². The van der Waals surface area contributed by atoms with Gasteiger partial charge in [0.25, 0.3) is 5.91 Å². The Bertz CT molecular complexity index is 1090. The first-order valence-electron chi connectivity index (χ1n) is 7.64. The van der Waals surface area contributed by atoms with Gasteiger partial charge in [-0.25, -0.2) is 0 Å². The summed E-state index contributed by atoms with van der Waals surface area (Å²) >= 11 is 1.55. The highest BCUT2D eigenvalue weighted by molar-refractivity contribution is 7.16.